The number of hydrogen-bond donors (Lipinski definition) is 0. The Kier molecular flexibility index (Phi) is 6.68. The first kappa shape index (κ1) is 23.6. The molecule has 0 aliphatic carbocycles. The summed E-state index contributed by atoms with van der Waals surface area (Å²) in [5.74, 6) is 0.263. The van der Waals surface area contributed by atoms with Gasteiger partial charge < -0.3 is 4.90 Å². The molecule has 12 heteroatoms. The molecule has 0 unspecified atom stereocenters. The summed E-state index contributed by atoms with van der Waals surface area (Å²) in [5, 5.41) is 0.644. The van der Waals surface area contributed by atoms with Crippen LogP contribution < -0.4 is 4.90 Å². The van der Waals surface area contributed by atoms with Gasteiger partial charge in [-0.2, -0.15) is 21.9 Å². The van der Waals surface area contributed by atoms with E-state index in [0.29, 0.717) is 43.0 Å². The monoisotopic (exact) mass is 500 g/mol. The Labute approximate surface area is 192 Å². The van der Waals surface area contributed by atoms with Gasteiger partial charge in [0.2, 0.25) is 15.2 Å². The van der Waals surface area contributed by atoms with Crippen molar-refractivity contribution in [2.75, 3.05) is 31.1 Å². The molecule has 33 heavy (non-hydrogen) atoms. The van der Waals surface area contributed by atoms with Crippen LogP contribution in [0.25, 0.3) is 0 Å². The Balaban J connectivity index is 1.44. The van der Waals surface area contributed by atoms with E-state index in [-0.39, 0.29) is 23.8 Å². The minimum atomic E-state index is -4.62. The minimum Gasteiger partial charge on any atom is -0.345 e. The van der Waals surface area contributed by atoms with Gasteiger partial charge in [0.05, 0.1) is 10.5 Å². The number of sulfonamides is 1. The second-order valence-electron chi connectivity index (χ2n) is 7.57. The standard InChI is InChI=1S/C21H20F4N4O2S2/c22-17-7-5-15(6-8-17)13-19-26-20(32-27-19)28-9-2-10-29(12-11-28)33(30,31)18-4-1-3-16(14-18)21(23,24)25/h1,3-8,14H,2,9-13H2. The molecule has 0 amide bonds. The molecule has 0 spiro atoms. The average molecular weight is 501 g/mol. The highest BCUT2D eigenvalue weighted by Gasteiger charge is 2.33. The molecule has 0 bridgehead atoms. The summed E-state index contributed by atoms with van der Waals surface area (Å²) >= 11 is 1.20. The lowest BCUT2D eigenvalue weighted by atomic mass is 10.1. The van der Waals surface area contributed by atoms with Crippen LogP contribution in [0.5, 0.6) is 0 Å². The van der Waals surface area contributed by atoms with Crippen molar-refractivity contribution >= 4 is 26.7 Å². The number of hydrogen-bond acceptors (Lipinski definition) is 6. The molecule has 0 saturated carbocycles. The van der Waals surface area contributed by atoms with Gasteiger partial charge in [-0.15, -0.1) is 0 Å². The van der Waals surface area contributed by atoms with Crippen molar-refractivity contribution in [1.82, 2.24) is 13.7 Å². The van der Waals surface area contributed by atoms with Crippen LogP contribution in [-0.4, -0.2) is 48.3 Å². The summed E-state index contributed by atoms with van der Waals surface area (Å²) in [7, 11) is -4.07. The first-order valence-corrected chi connectivity index (χ1v) is 12.3. The summed E-state index contributed by atoms with van der Waals surface area (Å²) in [4.78, 5) is 6.08. The summed E-state index contributed by atoms with van der Waals surface area (Å²) in [6.45, 7) is 1.19. The van der Waals surface area contributed by atoms with Crippen molar-refractivity contribution in [2.45, 2.75) is 23.9 Å². The van der Waals surface area contributed by atoms with Crippen LogP contribution in [0.4, 0.5) is 22.7 Å². The summed E-state index contributed by atoms with van der Waals surface area (Å²) < 4.78 is 83.6. The van der Waals surface area contributed by atoms with Crippen LogP contribution in [0.1, 0.15) is 23.4 Å². The molecule has 176 valence electrons. The first-order valence-electron chi connectivity index (χ1n) is 10.1. The van der Waals surface area contributed by atoms with Crippen molar-refractivity contribution in [3.05, 3.63) is 71.3 Å². The number of alkyl halides is 3. The van der Waals surface area contributed by atoms with E-state index in [1.807, 2.05) is 4.90 Å². The number of benzene rings is 2. The second kappa shape index (κ2) is 9.35. The molecule has 0 radical (unpaired) electrons. The molecule has 1 aliphatic rings. The van der Waals surface area contributed by atoms with Gasteiger partial charge in [0.25, 0.3) is 0 Å². The van der Waals surface area contributed by atoms with E-state index in [2.05, 4.69) is 9.36 Å². The fourth-order valence-electron chi connectivity index (χ4n) is 3.54. The van der Waals surface area contributed by atoms with Gasteiger partial charge in [-0.3, -0.25) is 0 Å². The highest BCUT2D eigenvalue weighted by Crippen LogP contribution is 2.31. The van der Waals surface area contributed by atoms with E-state index in [1.165, 1.54) is 34.0 Å². The third-order valence-electron chi connectivity index (χ3n) is 5.26. The number of rotatable bonds is 5. The number of anilines is 1. The van der Waals surface area contributed by atoms with Crippen LogP contribution in [-0.2, 0) is 22.6 Å². The maximum Gasteiger partial charge on any atom is 0.416 e. The van der Waals surface area contributed by atoms with Gasteiger partial charge in [0.1, 0.15) is 11.6 Å². The van der Waals surface area contributed by atoms with Gasteiger partial charge in [-0.05, 0) is 42.3 Å². The lowest BCUT2D eigenvalue weighted by molar-refractivity contribution is -0.137. The van der Waals surface area contributed by atoms with Crippen molar-refractivity contribution in [3.8, 4) is 0 Å². The van der Waals surface area contributed by atoms with E-state index < -0.39 is 21.8 Å². The zero-order valence-electron chi connectivity index (χ0n) is 17.3. The number of nitrogens with zero attached hydrogens (tertiary/aromatic N) is 4. The zero-order valence-corrected chi connectivity index (χ0v) is 18.9. The molecule has 0 N–H and O–H groups in total. The Morgan fingerprint density at radius 3 is 2.48 bits per heavy atom. The topological polar surface area (TPSA) is 66.4 Å². The van der Waals surface area contributed by atoms with E-state index >= 15 is 0 Å². The first-order chi connectivity index (χ1) is 15.6. The Morgan fingerprint density at radius 2 is 1.76 bits per heavy atom. The SMILES string of the molecule is O=S(=O)(c1cccc(C(F)(F)F)c1)N1CCCN(c2nc(Cc3ccc(F)cc3)ns2)CC1. The molecule has 4 rings (SSSR count). The minimum absolute atomic E-state index is 0.117. The van der Waals surface area contributed by atoms with Gasteiger partial charge in [-0.25, -0.2) is 17.8 Å². The Hall–Kier alpha value is -2.57. The third-order valence-corrected chi connectivity index (χ3v) is 7.97. The highest BCUT2D eigenvalue weighted by atomic mass is 32.2. The van der Waals surface area contributed by atoms with Crippen molar-refractivity contribution in [1.29, 1.82) is 0 Å². The largest absolute Gasteiger partial charge is 0.416 e. The summed E-state index contributed by atoms with van der Waals surface area (Å²) in [6.07, 6.45) is -3.68. The van der Waals surface area contributed by atoms with Gasteiger partial charge in [-0.1, -0.05) is 18.2 Å². The van der Waals surface area contributed by atoms with Crippen molar-refractivity contribution in [3.63, 3.8) is 0 Å². The fourth-order valence-corrected chi connectivity index (χ4v) is 5.79. The molecular weight excluding hydrogens is 480 g/mol. The van der Waals surface area contributed by atoms with E-state index in [9.17, 15) is 26.0 Å². The Morgan fingerprint density at radius 1 is 1.00 bits per heavy atom. The molecule has 2 heterocycles. The quantitative estimate of drug-likeness (QED) is 0.492. The zero-order chi connectivity index (χ0) is 23.6. The lowest BCUT2D eigenvalue weighted by Crippen LogP contribution is -2.35. The number of aromatic nitrogens is 2. The van der Waals surface area contributed by atoms with E-state index in [1.54, 1.807) is 12.1 Å². The summed E-state index contributed by atoms with van der Waals surface area (Å²) in [5.41, 5.74) is -0.127. The second-order valence-corrected chi connectivity index (χ2v) is 10.2. The summed E-state index contributed by atoms with van der Waals surface area (Å²) in [6, 6.07) is 9.88. The number of halogens is 4. The molecule has 1 fully saturated rings. The van der Waals surface area contributed by atoms with E-state index in [0.717, 1.165) is 17.7 Å². The molecule has 1 aromatic heterocycles. The molecule has 1 aliphatic heterocycles. The van der Waals surface area contributed by atoms with Crippen molar-refractivity contribution < 1.29 is 26.0 Å². The molecule has 3 aromatic rings. The van der Waals surface area contributed by atoms with Gasteiger partial charge >= 0.3 is 6.18 Å². The van der Waals surface area contributed by atoms with Gasteiger partial charge in [0, 0.05) is 44.1 Å². The van der Waals surface area contributed by atoms with Gasteiger partial charge in [0.15, 0.2) is 0 Å². The van der Waals surface area contributed by atoms with Crippen LogP contribution >= 0.6 is 11.5 Å². The third kappa shape index (κ3) is 5.50. The average Bonchev–Trinajstić information content (AvgIpc) is 3.09. The lowest BCUT2D eigenvalue weighted by Gasteiger charge is -2.21. The fraction of sp³-hybridized carbons (Fsp3) is 0.333. The van der Waals surface area contributed by atoms with Crippen molar-refractivity contribution in [2.24, 2.45) is 0 Å². The predicted molar refractivity (Wildman–Crippen MR) is 116 cm³/mol. The molecule has 0 atom stereocenters. The van der Waals surface area contributed by atoms with Crippen LogP contribution in [0.3, 0.4) is 0 Å². The van der Waals surface area contributed by atoms with Crippen LogP contribution in [0.2, 0.25) is 0 Å². The smallest absolute Gasteiger partial charge is 0.345 e. The molecule has 1 saturated heterocycles. The van der Waals surface area contributed by atoms with E-state index in [4.69, 9.17) is 0 Å². The maximum absolute atomic E-state index is 13.1. The predicted octanol–water partition coefficient (Wildman–Crippen LogP) is 4.19. The van der Waals surface area contributed by atoms with Crippen LogP contribution in [0.15, 0.2) is 53.4 Å². The highest BCUT2D eigenvalue weighted by molar-refractivity contribution is 7.89. The molecule has 6 nitrogen and oxygen atoms in total. The maximum atomic E-state index is 13.1. The van der Waals surface area contributed by atoms with Crippen LogP contribution in [0, 0.1) is 5.82 Å². The Bertz CT molecular complexity index is 1210. The molecule has 2 aromatic carbocycles. The molecular formula is C21H20F4N4O2S2. The normalized spacial score (nSPS) is 16.1.